The van der Waals surface area contributed by atoms with Crippen LogP contribution in [-0.4, -0.2) is 18.4 Å². The molecule has 9 heteroatoms. The standard InChI is InChI=1S/C21H15BrFN3O3S/c22-15-7-9-16(10-8-15)30(27,28)21-20(25-13-14-4-3-11-24-12-14)29-19(26-21)17-5-1-2-6-18(17)23/h1-12,25H,13H2. The number of hydrogen-bond donors (Lipinski definition) is 1. The first-order valence-corrected chi connectivity index (χ1v) is 11.1. The molecular weight excluding hydrogens is 473 g/mol. The van der Waals surface area contributed by atoms with Crippen LogP contribution in [0.3, 0.4) is 0 Å². The first kappa shape index (κ1) is 20.2. The van der Waals surface area contributed by atoms with Gasteiger partial charge < -0.3 is 9.73 Å². The Balaban J connectivity index is 1.79. The Bertz CT molecular complexity index is 1280. The zero-order chi connectivity index (χ0) is 21.1. The summed E-state index contributed by atoms with van der Waals surface area (Å²) in [5.74, 6) is -0.761. The van der Waals surface area contributed by atoms with Gasteiger partial charge in [0, 0.05) is 23.4 Å². The Labute approximate surface area is 180 Å². The Morgan fingerprint density at radius 2 is 1.80 bits per heavy atom. The summed E-state index contributed by atoms with van der Waals surface area (Å²) >= 11 is 3.29. The highest BCUT2D eigenvalue weighted by atomic mass is 79.9. The summed E-state index contributed by atoms with van der Waals surface area (Å²) in [6.45, 7) is 0.253. The van der Waals surface area contributed by atoms with Crippen LogP contribution in [0.5, 0.6) is 0 Å². The van der Waals surface area contributed by atoms with E-state index in [9.17, 15) is 12.8 Å². The molecule has 0 amide bonds. The highest BCUT2D eigenvalue weighted by molar-refractivity contribution is 9.10. The average molecular weight is 488 g/mol. The Morgan fingerprint density at radius 1 is 1.03 bits per heavy atom. The summed E-state index contributed by atoms with van der Waals surface area (Å²) in [5.41, 5.74) is 0.882. The van der Waals surface area contributed by atoms with Crippen LogP contribution in [0.2, 0.25) is 0 Å². The number of pyridine rings is 1. The fraction of sp³-hybridized carbons (Fsp3) is 0.0476. The maximum absolute atomic E-state index is 14.2. The number of sulfone groups is 1. The Morgan fingerprint density at radius 3 is 2.50 bits per heavy atom. The molecule has 0 aliphatic heterocycles. The van der Waals surface area contributed by atoms with Crippen LogP contribution < -0.4 is 5.32 Å². The molecule has 0 atom stereocenters. The van der Waals surface area contributed by atoms with E-state index in [0.29, 0.717) is 0 Å². The number of nitrogens with zero attached hydrogens (tertiary/aromatic N) is 2. The summed E-state index contributed by atoms with van der Waals surface area (Å²) in [6.07, 6.45) is 3.28. The molecule has 4 rings (SSSR count). The van der Waals surface area contributed by atoms with Gasteiger partial charge in [-0.25, -0.2) is 12.8 Å². The van der Waals surface area contributed by atoms with Crippen LogP contribution >= 0.6 is 15.9 Å². The molecule has 2 heterocycles. The lowest BCUT2D eigenvalue weighted by atomic mass is 10.2. The van der Waals surface area contributed by atoms with E-state index in [1.807, 2.05) is 6.07 Å². The minimum atomic E-state index is -4.02. The number of rotatable bonds is 6. The van der Waals surface area contributed by atoms with Crippen LogP contribution in [0.15, 0.2) is 91.9 Å². The maximum atomic E-state index is 14.2. The molecule has 0 saturated heterocycles. The van der Waals surface area contributed by atoms with Crippen LogP contribution in [0.4, 0.5) is 10.3 Å². The van der Waals surface area contributed by atoms with E-state index in [1.54, 1.807) is 36.7 Å². The number of hydrogen-bond acceptors (Lipinski definition) is 6. The number of halogens is 2. The highest BCUT2D eigenvalue weighted by Crippen LogP contribution is 2.33. The SMILES string of the molecule is O=S(=O)(c1ccc(Br)cc1)c1nc(-c2ccccc2F)oc1NCc1cccnc1. The quantitative estimate of drug-likeness (QED) is 0.408. The van der Waals surface area contributed by atoms with E-state index in [2.05, 4.69) is 31.2 Å². The lowest BCUT2D eigenvalue weighted by molar-refractivity contribution is 0.567. The van der Waals surface area contributed by atoms with Gasteiger partial charge in [-0.15, -0.1) is 0 Å². The van der Waals surface area contributed by atoms with Crippen LogP contribution in [0.1, 0.15) is 5.56 Å². The predicted octanol–water partition coefficient (Wildman–Crippen LogP) is 5.08. The second-order valence-electron chi connectivity index (χ2n) is 6.31. The molecule has 0 aliphatic carbocycles. The van der Waals surface area contributed by atoms with Gasteiger partial charge in [-0.1, -0.05) is 34.1 Å². The lowest BCUT2D eigenvalue weighted by Gasteiger charge is -2.06. The van der Waals surface area contributed by atoms with E-state index in [0.717, 1.165) is 10.0 Å². The van der Waals surface area contributed by atoms with Gasteiger partial charge in [0.2, 0.25) is 26.6 Å². The van der Waals surface area contributed by atoms with Gasteiger partial charge in [0.25, 0.3) is 0 Å². The van der Waals surface area contributed by atoms with Crippen LogP contribution in [0, 0.1) is 5.82 Å². The van der Waals surface area contributed by atoms with Crippen molar-refractivity contribution in [3.8, 4) is 11.5 Å². The van der Waals surface area contributed by atoms with Gasteiger partial charge in [0.15, 0.2) is 0 Å². The molecule has 30 heavy (non-hydrogen) atoms. The van der Waals surface area contributed by atoms with Crippen molar-refractivity contribution in [2.24, 2.45) is 0 Å². The molecule has 0 aliphatic rings. The molecule has 0 bridgehead atoms. The molecule has 2 aromatic carbocycles. The molecule has 4 aromatic rings. The number of oxazole rings is 1. The molecule has 2 aromatic heterocycles. The molecular formula is C21H15BrFN3O3S. The summed E-state index contributed by atoms with van der Waals surface area (Å²) in [4.78, 5) is 8.21. The smallest absolute Gasteiger partial charge is 0.234 e. The van der Waals surface area contributed by atoms with E-state index >= 15 is 0 Å². The van der Waals surface area contributed by atoms with E-state index in [1.165, 1.54) is 30.3 Å². The molecule has 0 saturated carbocycles. The number of anilines is 1. The zero-order valence-corrected chi connectivity index (χ0v) is 17.8. The van der Waals surface area contributed by atoms with Gasteiger partial charge in [-0.05, 0) is 48.0 Å². The van der Waals surface area contributed by atoms with Crippen molar-refractivity contribution in [1.82, 2.24) is 9.97 Å². The molecule has 0 spiro atoms. The number of nitrogens with one attached hydrogen (secondary N) is 1. The van der Waals surface area contributed by atoms with E-state index in [-0.39, 0.29) is 33.8 Å². The van der Waals surface area contributed by atoms with Crippen LogP contribution in [-0.2, 0) is 16.4 Å². The van der Waals surface area contributed by atoms with Gasteiger partial charge in [-0.2, -0.15) is 4.98 Å². The van der Waals surface area contributed by atoms with Crippen molar-refractivity contribution in [1.29, 1.82) is 0 Å². The predicted molar refractivity (Wildman–Crippen MR) is 113 cm³/mol. The molecule has 0 fully saturated rings. The molecule has 0 unspecified atom stereocenters. The summed E-state index contributed by atoms with van der Waals surface area (Å²) in [5, 5.41) is 2.63. The minimum Gasteiger partial charge on any atom is -0.419 e. The second kappa shape index (κ2) is 8.37. The van der Waals surface area contributed by atoms with Crippen molar-refractivity contribution in [2.75, 3.05) is 5.32 Å². The normalized spacial score (nSPS) is 11.4. The number of benzene rings is 2. The van der Waals surface area contributed by atoms with Gasteiger partial charge >= 0.3 is 0 Å². The Hall–Kier alpha value is -3.04. The molecule has 152 valence electrons. The fourth-order valence-corrected chi connectivity index (χ4v) is 4.30. The third-order valence-corrected chi connectivity index (χ3v) is 6.46. The lowest BCUT2D eigenvalue weighted by Crippen LogP contribution is -2.07. The highest BCUT2D eigenvalue weighted by Gasteiger charge is 2.29. The summed E-state index contributed by atoms with van der Waals surface area (Å²) < 4.78 is 47.1. The van der Waals surface area contributed by atoms with Crippen molar-refractivity contribution >= 4 is 31.7 Å². The monoisotopic (exact) mass is 487 g/mol. The molecule has 1 N–H and O–H groups in total. The first-order chi connectivity index (χ1) is 14.4. The van der Waals surface area contributed by atoms with Crippen LogP contribution in [0.25, 0.3) is 11.5 Å². The van der Waals surface area contributed by atoms with Crippen molar-refractivity contribution < 1.29 is 17.2 Å². The number of aromatic nitrogens is 2. The summed E-state index contributed by atoms with van der Waals surface area (Å²) in [6, 6.07) is 15.6. The molecule has 0 radical (unpaired) electrons. The van der Waals surface area contributed by atoms with Gasteiger partial charge in [0.1, 0.15) is 5.82 Å². The van der Waals surface area contributed by atoms with E-state index in [4.69, 9.17) is 4.42 Å². The second-order valence-corrected chi connectivity index (χ2v) is 9.09. The average Bonchev–Trinajstić information content (AvgIpc) is 3.18. The van der Waals surface area contributed by atoms with Gasteiger partial charge in [-0.3, -0.25) is 4.98 Å². The Kier molecular flexibility index (Phi) is 5.65. The zero-order valence-electron chi connectivity index (χ0n) is 15.4. The third kappa shape index (κ3) is 4.12. The van der Waals surface area contributed by atoms with Crippen molar-refractivity contribution in [2.45, 2.75) is 16.5 Å². The van der Waals surface area contributed by atoms with E-state index < -0.39 is 15.7 Å². The minimum absolute atomic E-state index is 0.0449. The van der Waals surface area contributed by atoms with Crippen molar-refractivity contribution in [3.63, 3.8) is 0 Å². The molecule has 6 nitrogen and oxygen atoms in total. The topological polar surface area (TPSA) is 85.1 Å². The summed E-state index contributed by atoms with van der Waals surface area (Å²) in [7, 11) is -4.02. The largest absolute Gasteiger partial charge is 0.419 e. The third-order valence-electron chi connectivity index (χ3n) is 4.25. The maximum Gasteiger partial charge on any atom is 0.234 e. The first-order valence-electron chi connectivity index (χ1n) is 8.84. The fourth-order valence-electron chi connectivity index (χ4n) is 2.76. The van der Waals surface area contributed by atoms with Crippen molar-refractivity contribution in [3.05, 3.63) is 88.9 Å². The van der Waals surface area contributed by atoms with Gasteiger partial charge in [0.05, 0.1) is 10.5 Å².